The van der Waals surface area contributed by atoms with Crippen LogP contribution in [0.2, 0.25) is 0 Å². The molecule has 0 atom stereocenters. The lowest BCUT2D eigenvalue weighted by Crippen LogP contribution is -2.28. The first-order valence-electron chi connectivity index (χ1n) is 4.85. The Hall–Kier alpha value is -1.02. The van der Waals surface area contributed by atoms with Crippen LogP contribution in [0.5, 0.6) is 0 Å². The van der Waals surface area contributed by atoms with Crippen molar-refractivity contribution in [2.24, 2.45) is 0 Å². The van der Waals surface area contributed by atoms with E-state index in [1.54, 1.807) is 6.26 Å². The zero-order valence-electron chi connectivity index (χ0n) is 7.99. The second-order valence-electron chi connectivity index (χ2n) is 3.36. The van der Waals surface area contributed by atoms with E-state index < -0.39 is 0 Å². The number of nitrogens with zero attached hydrogens (tertiary/aromatic N) is 1. The third-order valence-electron chi connectivity index (χ3n) is 2.51. The van der Waals surface area contributed by atoms with Crippen LogP contribution >= 0.6 is 0 Å². The van der Waals surface area contributed by atoms with Gasteiger partial charge in [-0.3, -0.25) is 4.90 Å². The molecular weight excluding hydrogens is 162 g/mol. The number of furan rings is 1. The van der Waals surface area contributed by atoms with Crippen molar-refractivity contribution in [2.75, 3.05) is 19.6 Å². The van der Waals surface area contributed by atoms with Crippen molar-refractivity contribution in [1.82, 2.24) is 4.90 Å². The van der Waals surface area contributed by atoms with Gasteiger partial charge in [0.1, 0.15) is 5.76 Å². The minimum absolute atomic E-state index is 1.03. The highest BCUT2D eigenvalue weighted by Crippen LogP contribution is 2.20. The van der Waals surface area contributed by atoms with Gasteiger partial charge in [0, 0.05) is 18.7 Å². The minimum atomic E-state index is 1.03. The molecule has 0 radical (unpaired) electrons. The van der Waals surface area contributed by atoms with Crippen molar-refractivity contribution in [2.45, 2.75) is 13.3 Å². The van der Waals surface area contributed by atoms with Crippen molar-refractivity contribution in [3.05, 3.63) is 30.2 Å². The first-order chi connectivity index (χ1) is 6.40. The van der Waals surface area contributed by atoms with Crippen LogP contribution in [-0.2, 0) is 0 Å². The molecule has 13 heavy (non-hydrogen) atoms. The molecule has 0 unspecified atom stereocenters. The van der Waals surface area contributed by atoms with E-state index in [0.29, 0.717) is 0 Å². The van der Waals surface area contributed by atoms with Gasteiger partial charge in [0.15, 0.2) is 0 Å². The highest BCUT2D eigenvalue weighted by Gasteiger charge is 2.13. The van der Waals surface area contributed by atoms with E-state index >= 15 is 0 Å². The van der Waals surface area contributed by atoms with Crippen LogP contribution in [-0.4, -0.2) is 24.5 Å². The monoisotopic (exact) mass is 177 g/mol. The second kappa shape index (κ2) is 3.79. The van der Waals surface area contributed by atoms with E-state index in [9.17, 15) is 0 Å². The van der Waals surface area contributed by atoms with Gasteiger partial charge in [-0.1, -0.05) is 13.0 Å². The van der Waals surface area contributed by atoms with Crippen molar-refractivity contribution in [1.29, 1.82) is 0 Å². The van der Waals surface area contributed by atoms with Gasteiger partial charge in [-0.05, 0) is 25.1 Å². The predicted molar refractivity (Wildman–Crippen MR) is 53.4 cm³/mol. The number of hydrogen-bond acceptors (Lipinski definition) is 2. The van der Waals surface area contributed by atoms with E-state index in [4.69, 9.17) is 4.42 Å². The molecule has 0 aromatic carbocycles. The van der Waals surface area contributed by atoms with Gasteiger partial charge in [-0.2, -0.15) is 0 Å². The van der Waals surface area contributed by atoms with Gasteiger partial charge in [-0.25, -0.2) is 0 Å². The first-order valence-corrected chi connectivity index (χ1v) is 4.85. The highest BCUT2D eigenvalue weighted by molar-refractivity contribution is 5.63. The minimum Gasteiger partial charge on any atom is -0.465 e. The summed E-state index contributed by atoms with van der Waals surface area (Å²) >= 11 is 0. The van der Waals surface area contributed by atoms with Crippen LogP contribution in [0.25, 0.3) is 5.57 Å². The summed E-state index contributed by atoms with van der Waals surface area (Å²) in [5.74, 6) is 1.03. The Labute approximate surface area is 78.8 Å². The van der Waals surface area contributed by atoms with E-state index in [1.807, 2.05) is 12.1 Å². The van der Waals surface area contributed by atoms with Gasteiger partial charge in [0.25, 0.3) is 0 Å². The Kier molecular flexibility index (Phi) is 2.50. The van der Waals surface area contributed by atoms with E-state index in [2.05, 4.69) is 17.9 Å². The normalized spacial score (nSPS) is 18.7. The predicted octanol–water partition coefficient (Wildman–Crippen LogP) is 2.39. The SMILES string of the molecule is CCN1CCC=C(c2ccco2)C1. The molecule has 1 aliphatic rings. The Morgan fingerprint density at radius 1 is 1.54 bits per heavy atom. The van der Waals surface area contributed by atoms with E-state index in [0.717, 1.165) is 25.3 Å². The molecule has 1 aromatic heterocycles. The topological polar surface area (TPSA) is 16.4 Å². The molecule has 1 aromatic rings. The maximum absolute atomic E-state index is 5.37. The van der Waals surface area contributed by atoms with Gasteiger partial charge >= 0.3 is 0 Å². The number of hydrogen-bond donors (Lipinski definition) is 0. The summed E-state index contributed by atoms with van der Waals surface area (Å²) < 4.78 is 5.37. The summed E-state index contributed by atoms with van der Waals surface area (Å²) in [7, 11) is 0. The van der Waals surface area contributed by atoms with E-state index in [1.165, 1.54) is 12.1 Å². The molecular formula is C11H15NO. The zero-order chi connectivity index (χ0) is 9.10. The maximum Gasteiger partial charge on any atom is 0.130 e. The Bertz CT molecular complexity index is 287. The summed E-state index contributed by atoms with van der Waals surface area (Å²) in [5.41, 5.74) is 1.33. The van der Waals surface area contributed by atoms with Gasteiger partial charge in [0.2, 0.25) is 0 Å². The van der Waals surface area contributed by atoms with Crippen molar-refractivity contribution >= 4 is 5.57 Å². The molecule has 0 amide bonds. The van der Waals surface area contributed by atoms with E-state index in [-0.39, 0.29) is 0 Å². The fraction of sp³-hybridized carbons (Fsp3) is 0.455. The third-order valence-corrected chi connectivity index (χ3v) is 2.51. The third kappa shape index (κ3) is 1.83. The standard InChI is InChI=1S/C11H15NO/c1-2-12-7-3-5-10(9-12)11-6-4-8-13-11/h4-6,8H,2-3,7,9H2,1H3. The highest BCUT2D eigenvalue weighted by atomic mass is 16.3. The molecule has 0 saturated heterocycles. The molecule has 0 aliphatic carbocycles. The fourth-order valence-electron chi connectivity index (χ4n) is 1.72. The maximum atomic E-state index is 5.37. The molecule has 2 heteroatoms. The van der Waals surface area contributed by atoms with Crippen molar-refractivity contribution in [3.63, 3.8) is 0 Å². The van der Waals surface area contributed by atoms with Crippen LogP contribution in [0.15, 0.2) is 28.9 Å². The van der Waals surface area contributed by atoms with Crippen LogP contribution in [0.3, 0.4) is 0 Å². The lowest BCUT2D eigenvalue weighted by Gasteiger charge is -2.24. The molecule has 1 aliphatic heterocycles. The Morgan fingerprint density at radius 2 is 2.46 bits per heavy atom. The summed E-state index contributed by atoms with van der Waals surface area (Å²) in [5, 5.41) is 0. The molecule has 70 valence electrons. The smallest absolute Gasteiger partial charge is 0.130 e. The Morgan fingerprint density at radius 3 is 3.15 bits per heavy atom. The van der Waals surface area contributed by atoms with Crippen molar-refractivity contribution in [3.8, 4) is 0 Å². The van der Waals surface area contributed by atoms with Crippen LogP contribution in [0.4, 0.5) is 0 Å². The average Bonchev–Trinajstić information content (AvgIpc) is 2.71. The summed E-state index contributed by atoms with van der Waals surface area (Å²) in [6, 6.07) is 3.98. The number of likely N-dealkylation sites (N-methyl/N-ethyl adjacent to an activating group) is 1. The molecule has 2 heterocycles. The fourth-order valence-corrected chi connectivity index (χ4v) is 1.72. The molecule has 0 N–H and O–H groups in total. The summed E-state index contributed by atoms with van der Waals surface area (Å²) in [6.07, 6.45) is 5.16. The molecule has 0 bridgehead atoms. The quantitative estimate of drug-likeness (QED) is 0.689. The number of rotatable bonds is 2. The van der Waals surface area contributed by atoms with Crippen LogP contribution in [0.1, 0.15) is 19.1 Å². The largest absolute Gasteiger partial charge is 0.465 e. The summed E-state index contributed by atoms with van der Waals surface area (Å²) in [6.45, 7) is 5.54. The first kappa shape index (κ1) is 8.57. The molecule has 0 spiro atoms. The van der Waals surface area contributed by atoms with Crippen LogP contribution in [0, 0.1) is 0 Å². The lowest BCUT2D eigenvalue weighted by atomic mass is 10.1. The molecule has 2 rings (SSSR count). The van der Waals surface area contributed by atoms with Gasteiger partial charge in [-0.15, -0.1) is 0 Å². The summed E-state index contributed by atoms with van der Waals surface area (Å²) in [4.78, 5) is 2.43. The van der Waals surface area contributed by atoms with Gasteiger partial charge in [0.05, 0.1) is 6.26 Å². The van der Waals surface area contributed by atoms with Gasteiger partial charge < -0.3 is 4.42 Å². The van der Waals surface area contributed by atoms with Crippen LogP contribution < -0.4 is 0 Å². The lowest BCUT2D eigenvalue weighted by molar-refractivity contribution is 0.318. The molecule has 0 saturated carbocycles. The average molecular weight is 177 g/mol. The molecule has 2 nitrogen and oxygen atoms in total. The Balaban J connectivity index is 2.12. The molecule has 0 fully saturated rings. The van der Waals surface area contributed by atoms with Crippen molar-refractivity contribution < 1.29 is 4.42 Å². The second-order valence-corrected chi connectivity index (χ2v) is 3.36. The zero-order valence-corrected chi connectivity index (χ0v) is 7.99.